The Balaban J connectivity index is 2.87. The Labute approximate surface area is 114 Å². The summed E-state index contributed by atoms with van der Waals surface area (Å²) in [7, 11) is 0. The van der Waals surface area contributed by atoms with Gasteiger partial charge in [0.1, 0.15) is 0 Å². The van der Waals surface area contributed by atoms with Crippen LogP contribution >= 0.6 is 0 Å². The topological polar surface area (TPSA) is 64.4 Å². The van der Waals surface area contributed by atoms with Crippen LogP contribution in [0.15, 0.2) is 18.2 Å². The summed E-state index contributed by atoms with van der Waals surface area (Å²) in [5.41, 5.74) is 1.08. The number of hydrogen-bond donors (Lipinski definition) is 1. The number of nitro benzene ring substituents is 1. The summed E-state index contributed by atoms with van der Waals surface area (Å²) in [4.78, 5) is 10.5. The highest BCUT2D eigenvalue weighted by atomic mass is 16.6. The Kier molecular flexibility index (Phi) is 6.29. The van der Waals surface area contributed by atoms with Gasteiger partial charge in [0.25, 0.3) is 0 Å². The molecule has 0 heterocycles. The van der Waals surface area contributed by atoms with Crippen LogP contribution in [0.5, 0.6) is 5.75 Å². The molecule has 19 heavy (non-hydrogen) atoms. The number of rotatable bonds is 8. The van der Waals surface area contributed by atoms with Gasteiger partial charge in [0, 0.05) is 12.1 Å². The minimum Gasteiger partial charge on any atom is -0.487 e. The smallest absolute Gasteiger partial charge is 0.310 e. The minimum atomic E-state index is -0.400. The van der Waals surface area contributed by atoms with Gasteiger partial charge in [-0.05, 0) is 37.9 Å². The van der Waals surface area contributed by atoms with Crippen molar-refractivity contribution in [2.24, 2.45) is 0 Å². The van der Waals surface area contributed by atoms with Crippen LogP contribution in [-0.2, 0) is 6.42 Å². The summed E-state index contributed by atoms with van der Waals surface area (Å²) in [6.45, 7) is 7.53. The maximum atomic E-state index is 10.9. The lowest BCUT2D eigenvalue weighted by Gasteiger charge is -2.13. The van der Waals surface area contributed by atoms with Crippen molar-refractivity contribution < 1.29 is 9.66 Å². The molecule has 1 N–H and O–H groups in total. The molecule has 5 nitrogen and oxygen atoms in total. The molecule has 0 aliphatic rings. The van der Waals surface area contributed by atoms with Gasteiger partial charge in [0.05, 0.1) is 11.5 Å². The molecule has 0 aromatic heterocycles. The van der Waals surface area contributed by atoms with E-state index < -0.39 is 4.92 Å². The van der Waals surface area contributed by atoms with Crippen LogP contribution in [0, 0.1) is 10.1 Å². The van der Waals surface area contributed by atoms with Crippen LogP contribution in [0.1, 0.15) is 32.8 Å². The number of benzene rings is 1. The summed E-state index contributed by atoms with van der Waals surface area (Å²) < 4.78 is 5.47. The largest absolute Gasteiger partial charge is 0.487 e. The van der Waals surface area contributed by atoms with Gasteiger partial charge in [-0.15, -0.1) is 0 Å². The molecule has 0 spiro atoms. The van der Waals surface area contributed by atoms with Gasteiger partial charge in [-0.3, -0.25) is 10.1 Å². The zero-order valence-electron chi connectivity index (χ0n) is 11.8. The number of hydrogen-bond acceptors (Lipinski definition) is 4. The van der Waals surface area contributed by atoms with E-state index in [1.165, 1.54) is 6.07 Å². The van der Waals surface area contributed by atoms with Crippen LogP contribution < -0.4 is 10.1 Å². The second-order valence-corrected chi connectivity index (χ2v) is 4.57. The van der Waals surface area contributed by atoms with E-state index in [2.05, 4.69) is 19.2 Å². The molecular weight excluding hydrogens is 244 g/mol. The molecule has 5 heteroatoms. The van der Waals surface area contributed by atoms with Crippen LogP contribution in [0.2, 0.25) is 0 Å². The van der Waals surface area contributed by atoms with Crippen molar-refractivity contribution in [1.82, 2.24) is 5.32 Å². The highest BCUT2D eigenvalue weighted by molar-refractivity contribution is 5.48. The van der Waals surface area contributed by atoms with Crippen LogP contribution in [-0.4, -0.2) is 24.1 Å². The van der Waals surface area contributed by atoms with Crippen molar-refractivity contribution in [2.75, 3.05) is 13.2 Å². The molecule has 0 amide bonds. The Hall–Kier alpha value is -1.62. The summed E-state index contributed by atoms with van der Waals surface area (Å²) in [5.74, 6) is 0.369. The van der Waals surface area contributed by atoms with Gasteiger partial charge in [0.2, 0.25) is 0 Å². The molecule has 0 bridgehead atoms. The number of nitrogens with one attached hydrogen (secondary N) is 1. The second-order valence-electron chi connectivity index (χ2n) is 4.57. The summed E-state index contributed by atoms with van der Waals surface area (Å²) in [5, 5.41) is 14.3. The first kappa shape index (κ1) is 15.4. The van der Waals surface area contributed by atoms with Crippen molar-refractivity contribution in [3.8, 4) is 5.75 Å². The van der Waals surface area contributed by atoms with Crippen molar-refractivity contribution in [3.05, 3.63) is 33.9 Å². The van der Waals surface area contributed by atoms with Gasteiger partial charge in [-0.2, -0.15) is 0 Å². The lowest BCUT2D eigenvalue weighted by molar-refractivity contribution is -0.385. The molecule has 1 unspecified atom stereocenters. The average molecular weight is 266 g/mol. The van der Waals surface area contributed by atoms with Gasteiger partial charge in [-0.25, -0.2) is 0 Å². The first-order valence-electron chi connectivity index (χ1n) is 6.72. The molecule has 0 saturated carbocycles. The monoisotopic (exact) mass is 266 g/mol. The number of nitro groups is 1. The maximum Gasteiger partial charge on any atom is 0.310 e. The van der Waals surface area contributed by atoms with E-state index >= 15 is 0 Å². The molecule has 106 valence electrons. The maximum absolute atomic E-state index is 10.9. The Morgan fingerprint density at radius 2 is 2.16 bits per heavy atom. The van der Waals surface area contributed by atoms with Crippen molar-refractivity contribution in [1.29, 1.82) is 0 Å². The van der Waals surface area contributed by atoms with Gasteiger partial charge >= 0.3 is 5.69 Å². The summed E-state index contributed by atoms with van der Waals surface area (Å²) in [6.07, 6.45) is 1.66. The molecule has 1 rings (SSSR count). The van der Waals surface area contributed by atoms with Gasteiger partial charge < -0.3 is 10.1 Å². The molecule has 0 radical (unpaired) electrons. The fraction of sp³-hybridized carbons (Fsp3) is 0.571. The van der Waals surface area contributed by atoms with E-state index in [0.29, 0.717) is 18.4 Å². The zero-order valence-corrected chi connectivity index (χ0v) is 11.8. The summed E-state index contributed by atoms with van der Waals surface area (Å²) in [6, 6.07) is 5.44. The number of nitrogens with zero attached hydrogens (tertiary/aromatic N) is 1. The third-order valence-corrected chi connectivity index (χ3v) is 2.78. The van der Waals surface area contributed by atoms with Gasteiger partial charge in [-0.1, -0.05) is 19.9 Å². The molecule has 1 aromatic rings. The molecule has 0 aliphatic heterocycles. The summed E-state index contributed by atoms with van der Waals surface area (Å²) >= 11 is 0. The third kappa shape index (κ3) is 4.87. The first-order valence-corrected chi connectivity index (χ1v) is 6.72. The lowest BCUT2D eigenvalue weighted by Crippen LogP contribution is -2.27. The SMILES string of the molecule is CCCOc1cc(CC(C)NCC)ccc1[N+](=O)[O-]. The first-order chi connectivity index (χ1) is 9.08. The van der Waals surface area contributed by atoms with Crippen LogP contribution in [0.25, 0.3) is 0 Å². The van der Waals surface area contributed by atoms with Crippen LogP contribution in [0.3, 0.4) is 0 Å². The van der Waals surface area contributed by atoms with E-state index in [1.807, 2.05) is 6.92 Å². The minimum absolute atomic E-state index is 0.0355. The molecule has 1 atom stereocenters. The average Bonchev–Trinajstić information content (AvgIpc) is 2.36. The van der Waals surface area contributed by atoms with E-state index in [-0.39, 0.29) is 5.69 Å². The van der Waals surface area contributed by atoms with Gasteiger partial charge in [0.15, 0.2) is 5.75 Å². The van der Waals surface area contributed by atoms with Crippen molar-refractivity contribution in [2.45, 2.75) is 39.7 Å². The van der Waals surface area contributed by atoms with E-state index in [1.54, 1.807) is 12.1 Å². The number of likely N-dealkylation sites (N-methyl/N-ethyl adjacent to an activating group) is 1. The Morgan fingerprint density at radius 1 is 1.42 bits per heavy atom. The van der Waals surface area contributed by atoms with E-state index in [9.17, 15) is 10.1 Å². The van der Waals surface area contributed by atoms with Crippen molar-refractivity contribution >= 4 is 5.69 Å². The number of ether oxygens (including phenoxy) is 1. The Bertz CT molecular complexity index is 421. The fourth-order valence-electron chi connectivity index (χ4n) is 1.94. The molecule has 0 fully saturated rings. The normalized spacial score (nSPS) is 12.2. The predicted octanol–water partition coefficient (Wildman–Crippen LogP) is 2.92. The fourth-order valence-corrected chi connectivity index (χ4v) is 1.94. The second kappa shape index (κ2) is 7.74. The molecule has 0 aliphatic carbocycles. The zero-order chi connectivity index (χ0) is 14.3. The molecular formula is C14H22N2O3. The lowest BCUT2D eigenvalue weighted by atomic mass is 10.1. The quantitative estimate of drug-likeness (QED) is 0.580. The molecule has 1 aromatic carbocycles. The van der Waals surface area contributed by atoms with E-state index in [0.717, 1.165) is 24.9 Å². The highest BCUT2D eigenvalue weighted by Crippen LogP contribution is 2.28. The van der Waals surface area contributed by atoms with Crippen molar-refractivity contribution in [3.63, 3.8) is 0 Å². The van der Waals surface area contributed by atoms with E-state index in [4.69, 9.17) is 4.74 Å². The molecule has 0 saturated heterocycles. The predicted molar refractivity (Wildman–Crippen MR) is 75.7 cm³/mol. The standard InChI is InChI=1S/C14H22N2O3/c1-4-8-19-14-10-12(9-11(3)15-5-2)6-7-13(14)16(17)18/h6-7,10-11,15H,4-5,8-9H2,1-3H3. The van der Waals surface area contributed by atoms with Crippen LogP contribution in [0.4, 0.5) is 5.69 Å². The third-order valence-electron chi connectivity index (χ3n) is 2.78. The highest BCUT2D eigenvalue weighted by Gasteiger charge is 2.16. The Morgan fingerprint density at radius 3 is 2.74 bits per heavy atom.